The third-order valence-corrected chi connectivity index (χ3v) is 2.45. The van der Waals surface area contributed by atoms with E-state index in [9.17, 15) is 4.79 Å². The van der Waals surface area contributed by atoms with E-state index in [1.165, 1.54) is 6.42 Å². The van der Waals surface area contributed by atoms with Crippen molar-refractivity contribution in [1.29, 1.82) is 0 Å². The minimum atomic E-state index is 0.199. The van der Waals surface area contributed by atoms with Crippen LogP contribution in [0.15, 0.2) is 12.7 Å². The Morgan fingerprint density at radius 2 is 2.50 bits per heavy atom. The predicted molar refractivity (Wildman–Crippen MR) is 50.1 cm³/mol. The SMILES string of the molecule is C=CCCN1CCC[C@H]1C(C)=O. The van der Waals surface area contributed by atoms with Crippen molar-refractivity contribution >= 4 is 5.78 Å². The summed E-state index contributed by atoms with van der Waals surface area (Å²) in [5.74, 6) is 0.316. The fraction of sp³-hybridized carbons (Fsp3) is 0.700. The van der Waals surface area contributed by atoms with E-state index in [1.807, 2.05) is 6.08 Å². The molecule has 0 aromatic heterocycles. The van der Waals surface area contributed by atoms with E-state index >= 15 is 0 Å². The number of likely N-dealkylation sites (tertiary alicyclic amines) is 1. The van der Waals surface area contributed by atoms with Crippen LogP contribution in [0.4, 0.5) is 0 Å². The first-order chi connectivity index (χ1) is 5.75. The monoisotopic (exact) mass is 167 g/mol. The lowest BCUT2D eigenvalue weighted by atomic mass is 10.1. The van der Waals surface area contributed by atoms with Gasteiger partial charge in [0, 0.05) is 6.54 Å². The number of carbonyl (C=O) groups is 1. The molecule has 0 aromatic carbocycles. The molecule has 2 heteroatoms. The zero-order valence-corrected chi connectivity index (χ0v) is 7.75. The molecule has 0 spiro atoms. The van der Waals surface area contributed by atoms with Crippen LogP contribution in [-0.4, -0.2) is 29.8 Å². The zero-order chi connectivity index (χ0) is 8.97. The molecule has 12 heavy (non-hydrogen) atoms. The summed E-state index contributed by atoms with van der Waals surface area (Å²) in [6.07, 6.45) is 5.12. The fourth-order valence-corrected chi connectivity index (χ4v) is 1.81. The highest BCUT2D eigenvalue weighted by atomic mass is 16.1. The molecule has 1 saturated heterocycles. The van der Waals surface area contributed by atoms with Gasteiger partial charge in [-0.25, -0.2) is 0 Å². The summed E-state index contributed by atoms with van der Waals surface area (Å²) < 4.78 is 0. The Hall–Kier alpha value is -0.630. The molecular weight excluding hydrogens is 150 g/mol. The quantitative estimate of drug-likeness (QED) is 0.593. The molecule has 0 unspecified atom stereocenters. The summed E-state index contributed by atoms with van der Waals surface area (Å²) in [5.41, 5.74) is 0. The van der Waals surface area contributed by atoms with Crippen LogP contribution >= 0.6 is 0 Å². The van der Waals surface area contributed by atoms with Crippen molar-refractivity contribution < 1.29 is 4.79 Å². The van der Waals surface area contributed by atoms with Gasteiger partial charge in [0.25, 0.3) is 0 Å². The van der Waals surface area contributed by atoms with Crippen molar-refractivity contribution in [3.05, 3.63) is 12.7 Å². The van der Waals surface area contributed by atoms with E-state index < -0.39 is 0 Å². The second-order valence-electron chi connectivity index (χ2n) is 3.38. The average Bonchev–Trinajstić information content (AvgIpc) is 2.48. The molecule has 0 N–H and O–H groups in total. The number of ketones is 1. The maximum absolute atomic E-state index is 11.2. The zero-order valence-electron chi connectivity index (χ0n) is 7.75. The van der Waals surface area contributed by atoms with Crippen LogP contribution in [0.2, 0.25) is 0 Å². The van der Waals surface area contributed by atoms with Gasteiger partial charge in [-0.2, -0.15) is 0 Å². The number of Topliss-reactive ketones (excluding diaryl/α,β-unsaturated/α-hetero) is 1. The molecule has 0 amide bonds. The highest BCUT2D eigenvalue weighted by Gasteiger charge is 2.26. The number of nitrogens with zero attached hydrogens (tertiary/aromatic N) is 1. The Morgan fingerprint density at radius 3 is 3.08 bits per heavy atom. The molecule has 0 saturated carbocycles. The van der Waals surface area contributed by atoms with Crippen molar-refractivity contribution in [2.45, 2.75) is 32.2 Å². The Morgan fingerprint density at radius 1 is 1.75 bits per heavy atom. The molecule has 1 aliphatic rings. The van der Waals surface area contributed by atoms with Crippen molar-refractivity contribution in [2.24, 2.45) is 0 Å². The molecule has 0 aromatic rings. The molecule has 1 fully saturated rings. The van der Waals surface area contributed by atoms with Crippen molar-refractivity contribution in [3.8, 4) is 0 Å². The van der Waals surface area contributed by atoms with Crippen molar-refractivity contribution in [1.82, 2.24) is 4.90 Å². The lowest BCUT2D eigenvalue weighted by Gasteiger charge is -2.20. The largest absolute Gasteiger partial charge is 0.298 e. The minimum Gasteiger partial charge on any atom is -0.298 e. The molecule has 1 atom stereocenters. The summed E-state index contributed by atoms with van der Waals surface area (Å²) in [5, 5.41) is 0. The van der Waals surface area contributed by atoms with Crippen LogP contribution < -0.4 is 0 Å². The number of carbonyl (C=O) groups excluding carboxylic acids is 1. The van der Waals surface area contributed by atoms with Crippen molar-refractivity contribution in [2.75, 3.05) is 13.1 Å². The topological polar surface area (TPSA) is 20.3 Å². The highest BCUT2D eigenvalue weighted by Crippen LogP contribution is 2.17. The maximum atomic E-state index is 11.2. The maximum Gasteiger partial charge on any atom is 0.146 e. The Labute approximate surface area is 74.2 Å². The Kier molecular flexibility index (Phi) is 3.48. The van der Waals surface area contributed by atoms with E-state index in [1.54, 1.807) is 6.92 Å². The fourth-order valence-electron chi connectivity index (χ4n) is 1.81. The first kappa shape index (κ1) is 9.46. The molecule has 0 aliphatic carbocycles. The van der Waals surface area contributed by atoms with Crippen LogP contribution in [0.1, 0.15) is 26.2 Å². The first-order valence-electron chi connectivity index (χ1n) is 4.61. The molecular formula is C10H17NO. The van der Waals surface area contributed by atoms with E-state index in [0.717, 1.165) is 25.9 Å². The van der Waals surface area contributed by atoms with E-state index in [-0.39, 0.29) is 6.04 Å². The number of hydrogen-bond donors (Lipinski definition) is 0. The number of rotatable bonds is 4. The van der Waals surface area contributed by atoms with Crippen molar-refractivity contribution in [3.63, 3.8) is 0 Å². The standard InChI is InChI=1S/C10H17NO/c1-3-4-7-11-8-5-6-10(11)9(2)12/h3,10H,1,4-8H2,2H3/t10-/m0/s1. The van der Waals surface area contributed by atoms with Crippen LogP contribution in [0.25, 0.3) is 0 Å². The summed E-state index contributed by atoms with van der Waals surface area (Å²) in [7, 11) is 0. The van der Waals surface area contributed by atoms with Gasteiger partial charge in [-0.15, -0.1) is 6.58 Å². The van der Waals surface area contributed by atoms with Gasteiger partial charge in [-0.3, -0.25) is 9.69 Å². The third kappa shape index (κ3) is 2.18. The first-order valence-corrected chi connectivity index (χ1v) is 4.61. The Balaban J connectivity index is 2.40. The van der Waals surface area contributed by atoms with Crippen LogP contribution in [0, 0.1) is 0 Å². The van der Waals surface area contributed by atoms with Gasteiger partial charge < -0.3 is 0 Å². The Bertz CT molecular complexity index is 177. The smallest absolute Gasteiger partial charge is 0.146 e. The summed E-state index contributed by atoms with van der Waals surface area (Å²) in [6, 6.07) is 0.199. The minimum absolute atomic E-state index is 0.199. The van der Waals surface area contributed by atoms with Crippen LogP contribution in [0.5, 0.6) is 0 Å². The van der Waals surface area contributed by atoms with E-state index in [0.29, 0.717) is 5.78 Å². The van der Waals surface area contributed by atoms with Gasteiger partial charge in [0.2, 0.25) is 0 Å². The molecule has 0 radical (unpaired) electrons. The molecule has 68 valence electrons. The third-order valence-electron chi connectivity index (χ3n) is 2.45. The van der Waals surface area contributed by atoms with E-state index in [2.05, 4.69) is 11.5 Å². The summed E-state index contributed by atoms with van der Waals surface area (Å²) >= 11 is 0. The second-order valence-corrected chi connectivity index (χ2v) is 3.38. The van der Waals surface area contributed by atoms with Gasteiger partial charge in [0.15, 0.2) is 0 Å². The van der Waals surface area contributed by atoms with Gasteiger partial charge in [0.1, 0.15) is 5.78 Å². The van der Waals surface area contributed by atoms with Crippen LogP contribution in [-0.2, 0) is 4.79 Å². The summed E-state index contributed by atoms with van der Waals surface area (Å²) in [4.78, 5) is 13.4. The summed E-state index contributed by atoms with van der Waals surface area (Å²) in [6.45, 7) is 7.45. The average molecular weight is 167 g/mol. The molecule has 1 heterocycles. The van der Waals surface area contributed by atoms with Crippen LogP contribution in [0.3, 0.4) is 0 Å². The van der Waals surface area contributed by atoms with Gasteiger partial charge >= 0.3 is 0 Å². The lowest BCUT2D eigenvalue weighted by Crippen LogP contribution is -2.35. The van der Waals surface area contributed by atoms with Gasteiger partial charge in [-0.1, -0.05) is 6.08 Å². The molecule has 2 nitrogen and oxygen atoms in total. The van der Waals surface area contributed by atoms with Gasteiger partial charge in [0.05, 0.1) is 6.04 Å². The predicted octanol–water partition coefficient (Wildman–Crippen LogP) is 1.62. The molecule has 0 bridgehead atoms. The molecule has 1 aliphatic heterocycles. The number of hydrogen-bond acceptors (Lipinski definition) is 2. The second kappa shape index (κ2) is 4.41. The van der Waals surface area contributed by atoms with Gasteiger partial charge in [-0.05, 0) is 32.7 Å². The normalized spacial score (nSPS) is 24.2. The lowest BCUT2D eigenvalue weighted by molar-refractivity contribution is -0.121. The molecule has 1 rings (SSSR count). The van der Waals surface area contributed by atoms with E-state index in [4.69, 9.17) is 0 Å². The highest BCUT2D eigenvalue weighted by molar-refractivity contribution is 5.81.